The first kappa shape index (κ1) is 22.0. The van der Waals surface area contributed by atoms with Crippen LogP contribution in [0.5, 0.6) is 0 Å². The predicted octanol–water partition coefficient (Wildman–Crippen LogP) is 4.65. The molecule has 1 N–H and O–H groups in total. The van der Waals surface area contributed by atoms with Crippen LogP contribution in [0.25, 0.3) is 0 Å². The third kappa shape index (κ3) is 5.91. The second kappa shape index (κ2) is 9.88. The summed E-state index contributed by atoms with van der Waals surface area (Å²) in [7, 11) is 0. The molecule has 0 radical (unpaired) electrons. The summed E-state index contributed by atoms with van der Waals surface area (Å²) >= 11 is 0. The number of rotatable bonds is 6. The van der Waals surface area contributed by atoms with Crippen molar-refractivity contribution in [2.75, 3.05) is 0 Å². The summed E-state index contributed by atoms with van der Waals surface area (Å²) in [4.78, 5) is 33.3. The van der Waals surface area contributed by atoms with Crippen LogP contribution >= 0.6 is 0 Å². The van der Waals surface area contributed by atoms with Crippen molar-refractivity contribution >= 4 is 11.8 Å². The van der Waals surface area contributed by atoms with Gasteiger partial charge in [0.1, 0.15) is 0 Å². The van der Waals surface area contributed by atoms with Crippen LogP contribution in [-0.2, 0) is 16.1 Å². The summed E-state index contributed by atoms with van der Waals surface area (Å²) < 4.78 is 0. The van der Waals surface area contributed by atoms with Gasteiger partial charge in [0.15, 0.2) is 6.04 Å². The van der Waals surface area contributed by atoms with Crippen LogP contribution in [0.1, 0.15) is 70.2 Å². The van der Waals surface area contributed by atoms with Gasteiger partial charge in [-0.05, 0) is 51.3 Å². The zero-order valence-electron chi connectivity index (χ0n) is 18.3. The van der Waals surface area contributed by atoms with Gasteiger partial charge in [0.05, 0.1) is 5.69 Å². The van der Waals surface area contributed by atoms with Crippen molar-refractivity contribution in [3.05, 3.63) is 66.0 Å². The largest absolute Gasteiger partial charge is 0.349 e. The molecule has 0 aliphatic heterocycles. The molecule has 1 heterocycles. The van der Waals surface area contributed by atoms with Crippen LogP contribution < -0.4 is 5.32 Å². The molecule has 1 saturated carbocycles. The molecule has 0 saturated heterocycles. The van der Waals surface area contributed by atoms with Crippen molar-refractivity contribution in [3.63, 3.8) is 0 Å². The highest BCUT2D eigenvalue weighted by atomic mass is 16.2. The Morgan fingerprint density at radius 3 is 2.30 bits per heavy atom. The fourth-order valence-electron chi connectivity index (χ4n) is 4.07. The van der Waals surface area contributed by atoms with Crippen LogP contribution in [-0.4, -0.2) is 27.2 Å². The van der Waals surface area contributed by atoms with E-state index in [0.717, 1.165) is 31.2 Å². The first-order valence-electron chi connectivity index (χ1n) is 10.9. The Labute approximate surface area is 179 Å². The monoisotopic (exact) mass is 407 g/mol. The average molecular weight is 408 g/mol. The van der Waals surface area contributed by atoms with E-state index in [-0.39, 0.29) is 17.7 Å². The molecule has 1 atom stereocenters. The molecule has 1 unspecified atom stereocenters. The molecule has 1 fully saturated rings. The van der Waals surface area contributed by atoms with E-state index < -0.39 is 11.6 Å². The van der Waals surface area contributed by atoms with Gasteiger partial charge in [0.25, 0.3) is 0 Å². The Morgan fingerprint density at radius 1 is 1.03 bits per heavy atom. The Kier molecular flexibility index (Phi) is 7.24. The molecule has 1 aliphatic carbocycles. The predicted molar refractivity (Wildman–Crippen MR) is 118 cm³/mol. The van der Waals surface area contributed by atoms with Crippen LogP contribution in [0.15, 0.2) is 54.7 Å². The number of nitrogens with one attached hydrogen (secondary N) is 1. The van der Waals surface area contributed by atoms with E-state index in [1.54, 1.807) is 11.1 Å². The van der Waals surface area contributed by atoms with E-state index in [9.17, 15) is 9.59 Å². The van der Waals surface area contributed by atoms with Gasteiger partial charge in [-0.1, -0.05) is 55.7 Å². The van der Waals surface area contributed by atoms with E-state index >= 15 is 0 Å². The van der Waals surface area contributed by atoms with Crippen LogP contribution in [0.2, 0.25) is 0 Å². The number of carbonyl (C=O) groups excluding carboxylic acids is 2. The van der Waals surface area contributed by atoms with E-state index in [2.05, 4.69) is 10.3 Å². The van der Waals surface area contributed by atoms with Crippen molar-refractivity contribution in [2.24, 2.45) is 5.92 Å². The second-order valence-electron chi connectivity index (χ2n) is 9.18. The fourth-order valence-corrected chi connectivity index (χ4v) is 4.07. The highest BCUT2D eigenvalue weighted by Gasteiger charge is 2.37. The minimum absolute atomic E-state index is 0.0314. The molecule has 30 heavy (non-hydrogen) atoms. The van der Waals surface area contributed by atoms with E-state index in [1.165, 1.54) is 6.42 Å². The summed E-state index contributed by atoms with van der Waals surface area (Å²) in [6.07, 6.45) is 6.77. The summed E-state index contributed by atoms with van der Waals surface area (Å²) in [5, 5.41) is 3.07. The van der Waals surface area contributed by atoms with E-state index in [0.29, 0.717) is 12.2 Å². The molecule has 1 aromatic carbocycles. The maximum Gasteiger partial charge on any atom is 0.249 e. The third-order valence-electron chi connectivity index (χ3n) is 5.46. The molecule has 2 amide bonds. The second-order valence-corrected chi connectivity index (χ2v) is 9.18. The number of pyridine rings is 1. The fraction of sp³-hybridized carbons (Fsp3) is 0.480. The lowest BCUT2D eigenvalue weighted by molar-refractivity contribution is -0.146. The van der Waals surface area contributed by atoms with Gasteiger partial charge >= 0.3 is 0 Å². The first-order valence-corrected chi connectivity index (χ1v) is 10.9. The molecular weight excluding hydrogens is 374 g/mol. The summed E-state index contributed by atoms with van der Waals surface area (Å²) in [6.45, 7) is 6.23. The molecule has 5 heteroatoms. The summed E-state index contributed by atoms with van der Waals surface area (Å²) in [6, 6.07) is 14.6. The topological polar surface area (TPSA) is 62.3 Å². The average Bonchev–Trinajstić information content (AvgIpc) is 2.73. The summed E-state index contributed by atoms with van der Waals surface area (Å²) in [5.74, 6) is -0.171. The zero-order valence-corrected chi connectivity index (χ0v) is 18.3. The number of benzene rings is 1. The van der Waals surface area contributed by atoms with E-state index in [1.807, 2.05) is 69.3 Å². The minimum Gasteiger partial charge on any atom is -0.349 e. The van der Waals surface area contributed by atoms with Crippen LogP contribution in [0.4, 0.5) is 0 Å². The highest BCUT2D eigenvalue weighted by molar-refractivity contribution is 5.89. The van der Waals surface area contributed by atoms with Crippen molar-refractivity contribution in [1.82, 2.24) is 15.2 Å². The molecule has 3 rings (SSSR count). The Bertz CT molecular complexity index is 824. The zero-order chi connectivity index (χ0) is 21.6. The normalized spacial score (nSPS) is 16.0. The maximum absolute atomic E-state index is 13.7. The first-order chi connectivity index (χ1) is 14.3. The lowest BCUT2D eigenvalue weighted by atomic mass is 9.87. The lowest BCUT2D eigenvalue weighted by Crippen LogP contribution is -2.50. The van der Waals surface area contributed by atoms with Crippen molar-refractivity contribution in [1.29, 1.82) is 0 Å². The molecule has 2 aromatic rings. The van der Waals surface area contributed by atoms with E-state index in [4.69, 9.17) is 0 Å². The summed E-state index contributed by atoms with van der Waals surface area (Å²) in [5.41, 5.74) is 1.20. The van der Waals surface area contributed by atoms with Crippen LogP contribution in [0.3, 0.4) is 0 Å². The van der Waals surface area contributed by atoms with Crippen molar-refractivity contribution < 1.29 is 9.59 Å². The van der Waals surface area contributed by atoms with Crippen LogP contribution in [0, 0.1) is 5.92 Å². The number of hydrogen-bond donors (Lipinski definition) is 1. The highest BCUT2D eigenvalue weighted by Crippen LogP contribution is 2.31. The van der Waals surface area contributed by atoms with Gasteiger partial charge in [-0.3, -0.25) is 14.6 Å². The molecule has 0 spiro atoms. The van der Waals surface area contributed by atoms with Gasteiger partial charge in [0.2, 0.25) is 11.8 Å². The Balaban J connectivity index is 2.00. The third-order valence-corrected chi connectivity index (χ3v) is 5.46. The number of nitrogens with zero attached hydrogens (tertiary/aromatic N) is 2. The van der Waals surface area contributed by atoms with Crippen molar-refractivity contribution in [2.45, 2.75) is 71.0 Å². The SMILES string of the molecule is CC(C)(C)NC(=O)C(c1ccccn1)N(Cc1ccccc1)C(=O)C1CCCCC1. The molecule has 1 aromatic heterocycles. The Hall–Kier alpha value is -2.69. The van der Waals surface area contributed by atoms with Gasteiger partial charge in [-0.15, -0.1) is 0 Å². The molecule has 160 valence electrons. The quantitative estimate of drug-likeness (QED) is 0.758. The Morgan fingerprint density at radius 2 is 1.70 bits per heavy atom. The molecular formula is C25H33N3O2. The number of amides is 2. The van der Waals surface area contributed by atoms with Gasteiger partial charge in [0, 0.05) is 24.2 Å². The number of hydrogen-bond acceptors (Lipinski definition) is 3. The standard InChI is InChI=1S/C25H33N3O2/c1-25(2,3)27-23(29)22(21-16-10-11-17-26-21)28(18-19-12-6-4-7-13-19)24(30)20-14-8-5-9-15-20/h4,6-7,10-13,16-17,20,22H,5,8-9,14-15,18H2,1-3H3,(H,27,29). The van der Waals surface area contributed by atoms with Gasteiger partial charge in [-0.2, -0.15) is 0 Å². The molecule has 0 bridgehead atoms. The smallest absolute Gasteiger partial charge is 0.249 e. The van der Waals surface area contributed by atoms with Crippen molar-refractivity contribution in [3.8, 4) is 0 Å². The maximum atomic E-state index is 13.7. The van der Waals surface area contributed by atoms with Gasteiger partial charge < -0.3 is 10.2 Å². The number of aromatic nitrogens is 1. The molecule has 5 nitrogen and oxygen atoms in total. The van der Waals surface area contributed by atoms with Gasteiger partial charge in [-0.25, -0.2) is 0 Å². The minimum atomic E-state index is -0.764. The number of carbonyl (C=O) groups is 2. The molecule has 1 aliphatic rings. The lowest BCUT2D eigenvalue weighted by Gasteiger charge is -2.36.